The molecular formula is C26H43N2OPSi2. The third kappa shape index (κ3) is 5.74. The molecule has 2 aliphatic rings. The Morgan fingerprint density at radius 2 is 1.38 bits per heavy atom. The Morgan fingerprint density at radius 1 is 0.844 bits per heavy atom. The van der Waals surface area contributed by atoms with Gasteiger partial charge >= 0.3 is 0 Å². The van der Waals surface area contributed by atoms with Gasteiger partial charge in [-0.3, -0.25) is 0 Å². The summed E-state index contributed by atoms with van der Waals surface area (Å²) in [5.41, 5.74) is 1.31. The van der Waals surface area contributed by atoms with Crippen LogP contribution in [-0.2, 0) is 4.52 Å². The Balaban J connectivity index is 1.65. The molecular weight excluding hydrogens is 443 g/mol. The topological polar surface area (TPSA) is 15.7 Å². The van der Waals surface area contributed by atoms with E-state index in [4.69, 9.17) is 4.52 Å². The van der Waals surface area contributed by atoms with Crippen LogP contribution in [0.3, 0.4) is 0 Å². The quantitative estimate of drug-likeness (QED) is 0.293. The molecule has 32 heavy (non-hydrogen) atoms. The molecule has 0 bridgehead atoms. The second-order valence-corrected chi connectivity index (χ2v) is 25.0. The first-order valence-electron chi connectivity index (χ1n) is 12.5. The van der Waals surface area contributed by atoms with Crippen molar-refractivity contribution < 1.29 is 4.52 Å². The van der Waals surface area contributed by atoms with Crippen LogP contribution in [0, 0.1) is 0 Å². The SMILES string of the molecule is C[C@H](OP1N(C[Si](C)(C)C)[C@@H]2CCCC[C@H]2N1C[Si](C)(C)C)c1ccc2ccccc2c1. The maximum Gasteiger partial charge on any atom is 0.188 e. The summed E-state index contributed by atoms with van der Waals surface area (Å²) in [5, 5.41) is 2.62. The van der Waals surface area contributed by atoms with E-state index < -0.39 is 24.6 Å². The van der Waals surface area contributed by atoms with Gasteiger partial charge in [-0.25, -0.2) is 9.34 Å². The van der Waals surface area contributed by atoms with Gasteiger partial charge in [0.2, 0.25) is 0 Å². The minimum absolute atomic E-state index is 0.110. The Hall–Kier alpha value is -0.556. The van der Waals surface area contributed by atoms with E-state index in [1.807, 2.05) is 0 Å². The fourth-order valence-electron chi connectivity index (χ4n) is 5.30. The molecule has 2 aromatic rings. The zero-order valence-corrected chi connectivity index (χ0v) is 24.2. The first-order chi connectivity index (χ1) is 15.0. The van der Waals surface area contributed by atoms with Crippen LogP contribution in [0.5, 0.6) is 0 Å². The van der Waals surface area contributed by atoms with Gasteiger partial charge in [-0.05, 0) is 54.5 Å². The van der Waals surface area contributed by atoms with Crippen molar-refractivity contribution in [3.63, 3.8) is 0 Å². The van der Waals surface area contributed by atoms with E-state index in [2.05, 4.69) is 98.0 Å². The fourth-order valence-corrected chi connectivity index (χ4v) is 13.2. The minimum atomic E-state index is -1.25. The lowest BCUT2D eigenvalue weighted by Crippen LogP contribution is -2.46. The zero-order chi connectivity index (χ0) is 23.1. The maximum atomic E-state index is 7.12. The van der Waals surface area contributed by atoms with E-state index in [9.17, 15) is 0 Å². The molecule has 1 aliphatic heterocycles. The molecule has 0 aromatic heterocycles. The van der Waals surface area contributed by atoms with Gasteiger partial charge in [0.25, 0.3) is 0 Å². The van der Waals surface area contributed by atoms with E-state index in [1.54, 1.807) is 0 Å². The molecule has 0 N–H and O–H groups in total. The van der Waals surface area contributed by atoms with Gasteiger partial charge in [0.05, 0.1) is 22.3 Å². The second-order valence-electron chi connectivity index (χ2n) is 12.3. The first kappa shape index (κ1) is 24.6. The fraction of sp³-hybridized carbons (Fsp3) is 0.615. The van der Waals surface area contributed by atoms with Crippen molar-refractivity contribution in [3.8, 4) is 0 Å². The maximum absolute atomic E-state index is 7.12. The first-order valence-corrected chi connectivity index (χ1v) is 21.1. The molecule has 2 aromatic carbocycles. The monoisotopic (exact) mass is 486 g/mol. The number of hydrogen-bond acceptors (Lipinski definition) is 3. The normalized spacial score (nSPS) is 24.7. The third-order valence-corrected chi connectivity index (χ3v) is 12.0. The molecule has 6 heteroatoms. The highest BCUT2D eigenvalue weighted by molar-refractivity contribution is 7.48. The van der Waals surface area contributed by atoms with Crippen LogP contribution < -0.4 is 0 Å². The van der Waals surface area contributed by atoms with Crippen molar-refractivity contribution in [2.24, 2.45) is 0 Å². The smallest absolute Gasteiger partial charge is 0.188 e. The summed E-state index contributed by atoms with van der Waals surface area (Å²) in [4.78, 5) is 0. The molecule has 0 spiro atoms. The van der Waals surface area contributed by atoms with Crippen LogP contribution in [0.4, 0.5) is 0 Å². The van der Waals surface area contributed by atoms with Gasteiger partial charge in [0, 0.05) is 12.1 Å². The molecule has 4 rings (SSSR count). The largest absolute Gasteiger partial charge is 0.323 e. The summed E-state index contributed by atoms with van der Waals surface area (Å²) in [5.74, 6) is 0. The van der Waals surface area contributed by atoms with Gasteiger partial charge in [-0.15, -0.1) is 0 Å². The van der Waals surface area contributed by atoms with Crippen molar-refractivity contribution in [1.29, 1.82) is 0 Å². The third-order valence-electron chi connectivity index (χ3n) is 6.67. The number of nitrogens with zero attached hydrogens (tertiary/aromatic N) is 2. The lowest BCUT2D eigenvalue weighted by Gasteiger charge is -2.37. The van der Waals surface area contributed by atoms with Crippen molar-refractivity contribution in [2.75, 3.05) is 12.3 Å². The van der Waals surface area contributed by atoms with Crippen LogP contribution in [0.1, 0.15) is 44.3 Å². The lowest BCUT2D eigenvalue weighted by atomic mass is 9.90. The molecule has 3 atom stereocenters. The summed E-state index contributed by atoms with van der Waals surface area (Å²) >= 11 is 0. The van der Waals surface area contributed by atoms with Crippen molar-refractivity contribution >= 4 is 35.4 Å². The molecule has 1 saturated heterocycles. The summed E-state index contributed by atoms with van der Waals surface area (Å²) in [7, 11) is -3.22. The molecule has 1 saturated carbocycles. The van der Waals surface area contributed by atoms with Crippen LogP contribution in [-0.4, -0.2) is 49.9 Å². The van der Waals surface area contributed by atoms with E-state index in [0.717, 1.165) is 0 Å². The average molecular weight is 487 g/mol. The molecule has 3 nitrogen and oxygen atoms in total. The lowest BCUT2D eigenvalue weighted by molar-refractivity contribution is 0.220. The highest BCUT2D eigenvalue weighted by Gasteiger charge is 2.51. The molecule has 0 amide bonds. The highest BCUT2D eigenvalue weighted by Crippen LogP contribution is 2.60. The van der Waals surface area contributed by atoms with Crippen molar-refractivity contribution in [3.05, 3.63) is 48.0 Å². The van der Waals surface area contributed by atoms with E-state index in [1.165, 1.54) is 54.4 Å². The average Bonchev–Trinajstić information content (AvgIpc) is 2.98. The van der Waals surface area contributed by atoms with Crippen LogP contribution in [0.25, 0.3) is 10.8 Å². The standard InChI is InChI=1S/C26H43N2OPSi2/c1-21(23-17-16-22-12-8-9-13-24(22)18-23)29-30-27(19-31(2,3)4)25-14-10-11-15-26(25)28(30)20-32(5,6)7/h8-9,12-13,16-18,21,25-26H,10-11,14-15,19-20H2,1-7H3/t21-,25+,26+/m0/s1. The Kier molecular flexibility index (Phi) is 7.37. The summed E-state index contributed by atoms with van der Waals surface area (Å²) in [6.45, 7) is 17.4. The Morgan fingerprint density at radius 3 is 1.91 bits per heavy atom. The van der Waals surface area contributed by atoms with Crippen LogP contribution in [0.2, 0.25) is 39.3 Å². The molecule has 2 fully saturated rings. The van der Waals surface area contributed by atoms with Gasteiger partial charge in [0.1, 0.15) is 0 Å². The number of hydrogen-bond donors (Lipinski definition) is 0. The number of benzene rings is 2. The van der Waals surface area contributed by atoms with E-state index in [-0.39, 0.29) is 6.10 Å². The van der Waals surface area contributed by atoms with Gasteiger partial charge < -0.3 is 4.52 Å². The Bertz CT molecular complexity index is 894. The van der Waals surface area contributed by atoms with E-state index in [0.29, 0.717) is 12.1 Å². The Labute approximate surface area is 199 Å². The predicted octanol–water partition coefficient (Wildman–Crippen LogP) is 7.83. The molecule has 1 heterocycles. The summed E-state index contributed by atoms with van der Waals surface area (Å²) < 4.78 is 12.8. The minimum Gasteiger partial charge on any atom is -0.323 e. The summed E-state index contributed by atoms with van der Waals surface area (Å²) in [6, 6.07) is 16.9. The van der Waals surface area contributed by atoms with Gasteiger partial charge in [-0.1, -0.05) is 88.5 Å². The van der Waals surface area contributed by atoms with Crippen molar-refractivity contribution in [1.82, 2.24) is 9.34 Å². The van der Waals surface area contributed by atoms with E-state index >= 15 is 0 Å². The second kappa shape index (κ2) is 9.60. The number of rotatable bonds is 7. The predicted molar refractivity (Wildman–Crippen MR) is 147 cm³/mol. The number of fused-ring (bicyclic) bond motifs is 2. The zero-order valence-electron chi connectivity index (χ0n) is 21.3. The van der Waals surface area contributed by atoms with Crippen LogP contribution >= 0.6 is 8.45 Å². The summed E-state index contributed by atoms with van der Waals surface area (Å²) in [6.07, 6.45) is 8.09. The highest BCUT2D eigenvalue weighted by atomic mass is 31.2. The molecule has 1 aliphatic carbocycles. The van der Waals surface area contributed by atoms with Gasteiger partial charge in [0.15, 0.2) is 8.45 Å². The molecule has 176 valence electrons. The van der Waals surface area contributed by atoms with Gasteiger partial charge in [-0.2, -0.15) is 0 Å². The molecule has 0 radical (unpaired) electrons. The molecule has 0 unspecified atom stereocenters. The van der Waals surface area contributed by atoms with Crippen molar-refractivity contribution in [2.45, 2.75) is 90.1 Å². The van der Waals surface area contributed by atoms with Crippen LogP contribution in [0.15, 0.2) is 42.5 Å².